The molecule has 0 bridgehead atoms. The van der Waals surface area contributed by atoms with Gasteiger partial charge in [-0.2, -0.15) is 0 Å². The van der Waals surface area contributed by atoms with Gasteiger partial charge in [-0.15, -0.1) is 0 Å². The normalized spacial score (nSPS) is 11.4. The molecule has 4 heteroatoms. The van der Waals surface area contributed by atoms with E-state index in [1.54, 1.807) is 24.3 Å². The lowest BCUT2D eigenvalue weighted by molar-refractivity contribution is 0.1000. The van der Waals surface area contributed by atoms with E-state index in [1.807, 2.05) is 6.92 Å². The summed E-state index contributed by atoms with van der Waals surface area (Å²) in [7, 11) is 0. The van der Waals surface area contributed by atoms with Gasteiger partial charge in [-0.1, -0.05) is 25.1 Å². The molecule has 4 nitrogen and oxygen atoms in total. The number of nitrogens with two attached hydrogens (primary N) is 2. The summed E-state index contributed by atoms with van der Waals surface area (Å²) < 4.78 is 0. The van der Waals surface area contributed by atoms with Crippen molar-refractivity contribution in [3.8, 4) is 0 Å². The molecule has 1 aromatic carbocycles. The minimum absolute atomic E-state index is 0.367. The number of carbonyl (C=O) groups is 1. The number of amidine groups is 1. The molecule has 0 spiro atoms. The molecule has 0 saturated heterocycles. The second-order valence-corrected chi connectivity index (χ2v) is 3.18. The molecule has 15 heavy (non-hydrogen) atoms. The first-order valence-electron chi connectivity index (χ1n) is 4.86. The van der Waals surface area contributed by atoms with Crippen molar-refractivity contribution in [2.75, 3.05) is 6.54 Å². The van der Waals surface area contributed by atoms with Crippen molar-refractivity contribution in [1.82, 2.24) is 0 Å². The molecule has 80 valence electrons. The molecule has 0 aromatic heterocycles. The van der Waals surface area contributed by atoms with Gasteiger partial charge in [0.05, 0.1) is 0 Å². The van der Waals surface area contributed by atoms with Gasteiger partial charge in [0.15, 0.2) is 0 Å². The van der Waals surface area contributed by atoms with Gasteiger partial charge >= 0.3 is 0 Å². The molecule has 0 radical (unpaired) electrons. The molecule has 4 N–H and O–H groups in total. The lowest BCUT2D eigenvalue weighted by Crippen LogP contribution is -2.21. The number of carbonyl (C=O) groups excluding carboxylic acids is 1. The Hall–Kier alpha value is -1.84. The molecule has 0 saturated carbocycles. The Bertz CT molecular complexity index is 385. The first-order chi connectivity index (χ1) is 7.16. The predicted molar refractivity (Wildman–Crippen MR) is 60.8 cm³/mol. The van der Waals surface area contributed by atoms with E-state index in [2.05, 4.69) is 4.99 Å². The van der Waals surface area contributed by atoms with E-state index in [0.29, 0.717) is 23.5 Å². The molecule has 0 atom stereocenters. The van der Waals surface area contributed by atoms with E-state index in [-0.39, 0.29) is 0 Å². The molecular formula is C11H15N3O. The summed E-state index contributed by atoms with van der Waals surface area (Å²) in [6.45, 7) is 2.66. The van der Waals surface area contributed by atoms with Crippen LogP contribution in [0.5, 0.6) is 0 Å². The number of benzene rings is 1. The van der Waals surface area contributed by atoms with Crippen molar-refractivity contribution in [2.45, 2.75) is 13.3 Å². The minimum Gasteiger partial charge on any atom is -0.383 e. The summed E-state index contributed by atoms with van der Waals surface area (Å²) >= 11 is 0. The molecule has 0 aliphatic rings. The van der Waals surface area contributed by atoms with Gasteiger partial charge in [-0.3, -0.25) is 9.79 Å². The molecular weight excluding hydrogens is 190 g/mol. The number of aliphatic imine (C=N–C) groups is 1. The molecule has 0 aliphatic heterocycles. The van der Waals surface area contributed by atoms with Crippen molar-refractivity contribution >= 4 is 11.7 Å². The number of primary amides is 1. The highest BCUT2D eigenvalue weighted by atomic mass is 16.1. The Labute approximate surface area is 89.0 Å². The third kappa shape index (κ3) is 2.80. The van der Waals surface area contributed by atoms with Crippen molar-refractivity contribution in [2.24, 2.45) is 16.5 Å². The average Bonchev–Trinajstić information content (AvgIpc) is 2.25. The number of rotatable bonds is 4. The van der Waals surface area contributed by atoms with Crippen LogP contribution < -0.4 is 11.5 Å². The first kappa shape index (κ1) is 11.2. The van der Waals surface area contributed by atoms with E-state index >= 15 is 0 Å². The van der Waals surface area contributed by atoms with Crippen LogP contribution >= 0.6 is 0 Å². The van der Waals surface area contributed by atoms with Gasteiger partial charge < -0.3 is 11.5 Å². The van der Waals surface area contributed by atoms with Crippen LogP contribution in [0.3, 0.4) is 0 Å². The van der Waals surface area contributed by atoms with E-state index < -0.39 is 5.91 Å². The minimum atomic E-state index is -0.486. The highest BCUT2D eigenvalue weighted by molar-refractivity contribution is 6.08. The van der Waals surface area contributed by atoms with Crippen molar-refractivity contribution in [3.05, 3.63) is 35.4 Å². The Kier molecular flexibility index (Phi) is 3.85. The largest absolute Gasteiger partial charge is 0.383 e. The number of hydrogen-bond donors (Lipinski definition) is 2. The zero-order chi connectivity index (χ0) is 11.3. The van der Waals surface area contributed by atoms with Crippen molar-refractivity contribution < 1.29 is 4.79 Å². The zero-order valence-corrected chi connectivity index (χ0v) is 8.73. The SMILES string of the molecule is CCCN=C(N)c1ccccc1C(N)=O. The Balaban J connectivity index is 3.07. The first-order valence-corrected chi connectivity index (χ1v) is 4.86. The van der Waals surface area contributed by atoms with E-state index in [1.165, 1.54) is 0 Å². The van der Waals surface area contributed by atoms with Crippen LogP contribution in [0.1, 0.15) is 29.3 Å². The predicted octanol–water partition coefficient (Wildman–Crippen LogP) is 0.901. The number of nitrogens with zero attached hydrogens (tertiary/aromatic N) is 1. The summed E-state index contributed by atoms with van der Waals surface area (Å²) in [5.74, 6) is -0.119. The summed E-state index contributed by atoms with van der Waals surface area (Å²) in [5.41, 5.74) is 12.0. The van der Waals surface area contributed by atoms with Gasteiger partial charge in [0, 0.05) is 17.7 Å². The quantitative estimate of drug-likeness (QED) is 0.565. The van der Waals surface area contributed by atoms with Crippen LogP contribution in [0, 0.1) is 0 Å². The van der Waals surface area contributed by atoms with Gasteiger partial charge in [0.2, 0.25) is 5.91 Å². The van der Waals surface area contributed by atoms with Crippen LogP contribution in [0.2, 0.25) is 0 Å². The Morgan fingerprint density at radius 3 is 2.40 bits per heavy atom. The second kappa shape index (κ2) is 5.14. The summed E-state index contributed by atoms with van der Waals surface area (Å²) in [5, 5.41) is 0. The molecule has 1 rings (SSSR count). The zero-order valence-electron chi connectivity index (χ0n) is 8.73. The standard InChI is InChI=1S/C11H15N3O/c1-2-7-14-10(12)8-5-3-4-6-9(8)11(13)15/h3-6H,2,7H2,1H3,(H2,12,14)(H2,13,15). The van der Waals surface area contributed by atoms with Gasteiger partial charge in [-0.25, -0.2) is 0 Å². The Morgan fingerprint density at radius 1 is 1.27 bits per heavy atom. The fourth-order valence-electron chi connectivity index (χ4n) is 1.24. The molecule has 0 fully saturated rings. The summed E-state index contributed by atoms with van der Waals surface area (Å²) in [6, 6.07) is 6.94. The van der Waals surface area contributed by atoms with Crippen molar-refractivity contribution in [1.29, 1.82) is 0 Å². The second-order valence-electron chi connectivity index (χ2n) is 3.18. The van der Waals surface area contributed by atoms with E-state index in [0.717, 1.165) is 6.42 Å². The van der Waals surface area contributed by atoms with Crippen LogP contribution in [-0.2, 0) is 0 Å². The number of amides is 1. The van der Waals surface area contributed by atoms with Crippen LogP contribution in [0.15, 0.2) is 29.3 Å². The maximum atomic E-state index is 11.1. The monoisotopic (exact) mass is 205 g/mol. The van der Waals surface area contributed by atoms with E-state index in [4.69, 9.17) is 11.5 Å². The lowest BCUT2D eigenvalue weighted by atomic mass is 10.1. The molecule has 1 amide bonds. The van der Waals surface area contributed by atoms with Gasteiger partial charge in [0.25, 0.3) is 0 Å². The van der Waals surface area contributed by atoms with Crippen LogP contribution in [0.4, 0.5) is 0 Å². The van der Waals surface area contributed by atoms with Crippen LogP contribution in [0.25, 0.3) is 0 Å². The average molecular weight is 205 g/mol. The summed E-state index contributed by atoms with van der Waals surface area (Å²) in [6.07, 6.45) is 0.916. The third-order valence-electron chi connectivity index (χ3n) is 1.97. The molecule has 0 heterocycles. The third-order valence-corrected chi connectivity index (χ3v) is 1.97. The lowest BCUT2D eigenvalue weighted by Gasteiger charge is -2.05. The Morgan fingerprint density at radius 2 is 1.87 bits per heavy atom. The van der Waals surface area contributed by atoms with Crippen molar-refractivity contribution in [3.63, 3.8) is 0 Å². The molecule has 0 unspecified atom stereocenters. The highest BCUT2D eigenvalue weighted by Crippen LogP contribution is 2.07. The van der Waals surface area contributed by atoms with Gasteiger partial charge in [-0.05, 0) is 12.5 Å². The molecule has 1 aromatic rings. The smallest absolute Gasteiger partial charge is 0.249 e. The number of hydrogen-bond acceptors (Lipinski definition) is 2. The maximum absolute atomic E-state index is 11.1. The molecule has 0 aliphatic carbocycles. The fourth-order valence-corrected chi connectivity index (χ4v) is 1.24. The van der Waals surface area contributed by atoms with E-state index in [9.17, 15) is 4.79 Å². The summed E-state index contributed by atoms with van der Waals surface area (Å²) in [4.78, 5) is 15.3. The highest BCUT2D eigenvalue weighted by Gasteiger charge is 2.09. The fraction of sp³-hybridized carbons (Fsp3) is 0.273. The topological polar surface area (TPSA) is 81.5 Å². The van der Waals surface area contributed by atoms with Crippen LogP contribution in [-0.4, -0.2) is 18.3 Å². The maximum Gasteiger partial charge on any atom is 0.249 e. The van der Waals surface area contributed by atoms with Gasteiger partial charge in [0.1, 0.15) is 5.84 Å².